The summed E-state index contributed by atoms with van der Waals surface area (Å²) < 4.78 is 0. The second-order valence-corrected chi connectivity index (χ2v) is 13.7. The van der Waals surface area contributed by atoms with Gasteiger partial charge in [0, 0.05) is 38.8 Å². The van der Waals surface area contributed by atoms with Crippen molar-refractivity contribution in [2.24, 2.45) is 9.98 Å². The van der Waals surface area contributed by atoms with Crippen molar-refractivity contribution in [2.45, 2.75) is 9.87 Å². The van der Waals surface area contributed by atoms with E-state index < -0.39 is 9.87 Å². The van der Waals surface area contributed by atoms with Crippen molar-refractivity contribution in [2.75, 3.05) is 0 Å². The van der Waals surface area contributed by atoms with E-state index in [0.29, 0.717) is 0 Å². The van der Waals surface area contributed by atoms with Gasteiger partial charge in [-0.15, -0.1) is 11.6 Å². The lowest BCUT2D eigenvalue weighted by molar-refractivity contribution is 0.569. The van der Waals surface area contributed by atoms with E-state index in [0.717, 1.165) is 78.2 Å². The fraction of sp³-hybridized carbons (Fsp3) is 0.0455. The molecule has 0 saturated heterocycles. The molecule has 240 valence electrons. The highest BCUT2D eigenvalue weighted by molar-refractivity contribution is 6.40. The summed E-state index contributed by atoms with van der Waals surface area (Å²) >= 11 is 15.6. The molecule has 2 atom stereocenters. The number of aromatic amines is 2. The molecule has 5 heterocycles. The van der Waals surface area contributed by atoms with Crippen molar-refractivity contribution >= 4 is 51.3 Å². The minimum Gasteiger partial charge on any atom is -0.356 e. The normalized spacial score (nSPS) is 21.1. The van der Waals surface area contributed by atoms with E-state index in [9.17, 15) is 0 Å². The van der Waals surface area contributed by atoms with Crippen LogP contribution in [-0.2, 0) is 4.87 Å². The number of aliphatic imine (C=N–C) groups is 2. The number of halogens is 2. The molecule has 0 amide bonds. The van der Waals surface area contributed by atoms with Crippen molar-refractivity contribution in [1.82, 2.24) is 9.97 Å². The van der Waals surface area contributed by atoms with Gasteiger partial charge >= 0.3 is 0 Å². The average Bonchev–Trinajstić information content (AvgIpc) is 4.00. The number of H-pyrrole nitrogens is 2. The van der Waals surface area contributed by atoms with Crippen LogP contribution in [0, 0.1) is 0 Å². The van der Waals surface area contributed by atoms with Crippen LogP contribution in [0.5, 0.6) is 0 Å². The fourth-order valence-electron chi connectivity index (χ4n) is 7.19. The molecule has 4 aromatic carbocycles. The number of nitrogens with one attached hydrogen (secondary N) is 2. The first-order valence-corrected chi connectivity index (χ1v) is 17.3. The molecule has 3 aliphatic heterocycles. The maximum absolute atomic E-state index is 7.92. The monoisotopic (exact) mass is 684 g/mol. The highest BCUT2D eigenvalue weighted by Crippen LogP contribution is 2.53. The first kappa shape index (κ1) is 30.4. The second kappa shape index (κ2) is 12.0. The molecule has 2 aromatic heterocycles. The van der Waals surface area contributed by atoms with Crippen LogP contribution in [0.1, 0.15) is 33.6 Å². The van der Waals surface area contributed by atoms with Gasteiger partial charge in [0.1, 0.15) is 0 Å². The minimum absolute atomic E-state index is 0.720. The second-order valence-electron chi connectivity index (χ2n) is 12.5. The summed E-state index contributed by atoms with van der Waals surface area (Å²) in [6.45, 7) is 0. The molecular formula is C44H30Cl2N4. The molecule has 0 saturated carbocycles. The van der Waals surface area contributed by atoms with Gasteiger partial charge in [0.25, 0.3) is 0 Å². The topological polar surface area (TPSA) is 56.3 Å². The lowest BCUT2D eigenvalue weighted by atomic mass is 9.87. The predicted octanol–water partition coefficient (Wildman–Crippen LogP) is 8.65. The summed E-state index contributed by atoms with van der Waals surface area (Å²) in [5.74, 6) is 0. The van der Waals surface area contributed by atoms with Gasteiger partial charge in [0.05, 0.1) is 17.1 Å². The Morgan fingerprint density at radius 3 is 1.62 bits per heavy atom. The minimum atomic E-state index is -1.38. The van der Waals surface area contributed by atoms with Crippen LogP contribution in [0.25, 0.3) is 16.7 Å². The number of nitrogens with zero attached hydrogens (tertiary/aromatic N) is 2. The molecule has 50 heavy (non-hydrogen) atoms. The largest absolute Gasteiger partial charge is 0.356 e. The van der Waals surface area contributed by atoms with Crippen LogP contribution in [-0.4, -0.2) is 26.4 Å². The average molecular weight is 686 g/mol. The van der Waals surface area contributed by atoms with Gasteiger partial charge in [-0.2, -0.15) is 0 Å². The smallest absolute Gasteiger partial charge is 0.181 e. The van der Waals surface area contributed by atoms with E-state index in [1.54, 1.807) is 0 Å². The van der Waals surface area contributed by atoms with Gasteiger partial charge in [-0.25, -0.2) is 4.99 Å². The number of alkyl halides is 2. The van der Waals surface area contributed by atoms with E-state index in [1.807, 2.05) is 91.0 Å². The third-order valence-corrected chi connectivity index (χ3v) is 10.8. The maximum Gasteiger partial charge on any atom is 0.181 e. The van der Waals surface area contributed by atoms with Gasteiger partial charge in [-0.3, -0.25) is 4.99 Å². The molecule has 4 nitrogen and oxygen atoms in total. The summed E-state index contributed by atoms with van der Waals surface area (Å²) in [5.41, 5.74) is 10.8. The van der Waals surface area contributed by atoms with Crippen molar-refractivity contribution in [3.8, 4) is 0 Å². The molecule has 0 spiro atoms. The zero-order valence-corrected chi connectivity index (χ0v) is 28.3. The Kier molecular flexibility index (Phi) is 7.31. The third-order valence-electron chi connectivity index (χ3n) is 9.55. The predicted molar refractivity (Wildman–Crippen MR) is 206 cm³/mol. The lowest BCUT2D eigenvalue weighted by Gasteiger charge is -2.36. The molecule has 0 radical (unpaired) electrons. The Morgan fingerprint density at radius 2 is 1.02 bits per heavy atom. The van der Waals surface area contributed by atoms with Crippen molar-refractivity contribution in [3.05, 3.63) is 220 Å². The van der Waals surface area contributed by atoms with E-state index >= 15 is 0 Å². The molecular weight excluding hydrogens is 655 g/mol. The number of rotatable bonds is 4. The number of allylic oxidation sites excluding steroid dienone is 3. The number of hydrogen-bond donors (Lipinski definition) is 2. The Bertz CT molecular complexity index is 2540. The SMILES string of the molecule is Cl[C@]1(c2ccccc2)c2ccc([nH]2)C(c2ccccc2)=C2C=CC(=N2)C(c2ccccc2)=c2ccc([nH]2)=C(c2ccccc2)C2=N[C@]1(Cl)C=C2. The summed E-state index contributed by atoms with van der Waals surface area (Å²) in [5, 5.41) is 1.84. The number of fused-ring (bicyclic) bond motifs is 6. The molecule has 6 aromatic rings. The lowest BCUT2D eigenvalue weighted by Crippen LogP contribution is -2.41. The summed E-state index contributed by atoms with van der Waals surface area (Å²) in [4.78, 5) is 15.4. The Hall–Kier alpha value is -5.68. The van der Waals surface area contributed by atoms with Crippen LogP contribution >= 0.6 is 23.2 Å². The first-order chi connectivity index (χ1) is 24.5. The molecule has 0 fully saturated rings. The maximum atomic E-state index is 7.92. The van der Waals surface area contributed by atoms with Crippen LogP contribution in [0.2, 0.25) is 0 Å². The molecule has 0 aliphatic carbocycles. The molecule has 3 aliphatic rings. The van der Waals surface area contributed by atoms with E-state index in [2.05, 4.69) is 88.9 Å². The number of aromatic nitrogens is 2. The zero-order valence-electron chi connectivity index (χ0n) is 26.8. The zero-order chi connectivity index (χ0) is 33.7. The Morgan fingerprint density at radius 1 is 0.480 bits per heavy atom. The van der Waals surface area contributed by atoms with Gasteiger partial charge in [-0.1, -0.05) is 133 Å². The molecule has 9 rings (SSSR count). The van der Waals surface area contributed by atoms with Crippen molar-refractivity contribution < 1.29 is 0 Å². The van der Waals surface area contributed by atoms with Gasteiger partial charge in [0.15, 0.2) is 9.87 Å². The Labute approximate surface area is 299 Å². The Balaban J connectivity index is 1.42. The summed E-state index contributed by atoms with van der Waals surface area (Å²) in [6.07, 6.45) is 8.10. The third kappa shape index (κ3) is 4.91. The molecule has 8 bridgehead atoms. The standard InChI is InChI=1S/C44H30Cl2N4/c45-43-28-27-38(50-43)42(31-17-9-3-10-18-31)36-24-23-34(48-36)40(29-13-5-1-6-14-29)33-21-22-35(47-33)41(30-15-7-2-8-16-30)37-25-26-39(49-37)44(43,46)32-19-11-4-12-20-32/h1-28,48-49H/t43-,44-/m1/s1. The number of benzene rings is 4. The summed E-state index contributed by atoms with van der Waals surface area (Å²) in [6, 6.07) is 49.2. The van der Waals surface area contributed by atoms with Gasteiger partial charge in [-0.05, 0) is 70.8 Å². The van der Waals surface area contributed by atoms with Crippen LogP contribution in [0.4, 0.5) is 0 Å². The van der Waals surface area contributed by atoms with E-state index in [4.69, 9.17) is 33.2 Å². The highest BCUT2D eigenvalue weighted by atomic mass is 35.5. The first-order valence-electron chi connectivity index (χ1n) is 16.6. The summed E-state index contributed by atoms with van der Waals surface area (Å²) in [7, 11) is 0. The molecule has 0 unspecified atom stereocenters. The van der Waals surface area contributed by atoms with Crippen LogP contribution in [0.15, 0.2) is 186 Å². The van der Waals surface area contributed by atoms with E-state index in [1.165, 1.54) is 0 Å². The number of hydrogen-bond acceptors (Lipinski definition) is 2. The highest BCUT2D eigenvalue weighted by Gasteiger charge is 2.53. The van der Waals surface area contributed by atoms with E-state index in [-0.39, 0.29) is 0 Å². The molecule has 6 heteroatoms. The van der Waals surface area contributed by atoms with Gasteiger partial charge < -0.3 is 9.97 Å². The van der Waals surface area contributed by atoms with Crippen LogP contribution < -0.4 is 10.7 Å². The van der Waals surface area contributed by atoms with Crippen molar-refractivity contribution in [3.63, 3.8) is 0 Å². The fourth-order valence-corrected chi connectivity index (χ4v) is 7.90. The molecule has 2 N–H and O–H groups in total. The quantitative estimate of drug-likeness (QED) is 0.138. The van der Waals surface area contributed by atoms with Crippen molar-refractivity contribution in [1.29, 1.82) is 0 Å². The van der Waals surface area contributed by atoms with Crippen LogP contribution in [0.3, 0.4) is 0 Å². The van der Waals surface area contributed by atoms with Gasteiger partial charge in [0.2, 0.25) is 0 Å².